The van der Waals surface area contributed by atoms with Gasteiger partial charge in [-0.3, -0.25) is 0 Å². The smallest absolute Gasteiger partial charge is 2.00 e. The fraction of sp³-hybridized carbons (Fsp3) is 0. The topological polar surface area (TPSA) is 85.5 Å². The number of hydrogen-bond donors (Lipinski definition) is 0. The molecule has 0 aliphatic rings. The zero-order chi connectivity index (χ0) is 0. The molecule has 0 saturated carbocycles. The number of hydrogen-bond acceptors (Lipinski definition) is 0. The summed E-state index contributed by atoms with van der Waals surface area (Å²) in [7, 11) is 0. The Hall–Kier alpha value is 3.70. The molecule has 0 unspecified atom stereocenters. The van der Waals surface area contributed by atoms with E-state index in [4.69, 9.17) is 0 Å². The Morgan fingerprint density at radius 3 is 0.444 bits per heavy atom. The first-order chi connectivity index (χ1) is 0. The van der Waals surface area contributed by atoms with Gasteiger partial charge in [0.25, 0.3) is 0 Å². The van der Waals surface area contributed by atoms with Crippen LogP contribution in [0.2, 0.25) is 0 Å². The van der Waals surface area contributed by atoms with Crippen molar-refractivity contribution in [3.63, 3.8) is 0 Å². The monoisotopic (exact) mass is 666 g/mol. The van der Waals surface area contributed by atoms with Crippen molar-refractivity contribution in [2.45, 2.75) is 0 Å². The molecule has 0 amide bonds. The van der Waals surface area contributed by atoms with E-state index in [0.29, 0.717) is 0 Å². The summed E-state index contributed by atoms with van der Waals surface area (Å²) < 4.78 is 0. The molecule has 0 atom stereocenters. The Bertz CT molecular complexity index is 17.8. The van der Waals surface area contributed by atoms with Crippen LogP contribution in [-0.4, -0.2) is 34.7 Å². The van der Waals surface area contributed by atoms with Crippen LogP contribution in [0.3, 0.4) is 0 Å². The van der Waals surface area contributed by atoms with Gasteiger partial charge in [-0.1, -0.05) is 0 Å². The van der Waals surface area contributed by atoms with Gasteiger partial charge in [0.2, 0.25) is 0 Å². The molecule has 0 saturated heterocycles. The molecular formula is Al2Mo2O3W2. The maximum absolute atomic E-state index is 0. The molecule has 0 radical (unpaired) electrons. The SMILES string of the molecule is [Al+3].[Al+3].[Mo].[Mo].[O-2].[O-2].[O-2].[W].[W]. The van der Waals surface area contributed by atoms with Crippen LogP contribution in [0.25, 0.3) is 0 Å². The second-order valence-corrected chi connectivity index (χ2v) is 0. The molecular weight excluding hydrogens is 662 g/mol. The summed E-state index contributed by atoms with van der Waals surface area (Å²) in [5.41, 5.74) is 0. The summed E-state index contributed by atoms with van der Waals surface area (Å²) >= 11 is 0. The van der Waals surface area contributed by atoms with Crippen molar-refractivity contribution in [3.8, 4) is 0 Å². The van der Waals surface area contributed by atoms with E-state index in [1.54, 1.807) is 0 Å². The van der Waals surface area contributed by atoms with Gasteiger partial charge in [-0.25, -0.2) is 0 Å². The van der Waals surface area contributed by atoms with Gasteiger partial charge in [0.15, 0.2) is 0 Å². The maximum Gasteiger partial charge on any atom is 3.00 e. The molecule has 0 aliphatic heterocycles. The minimum atomic E-state index is 0. The summed E-state index contributed by atoms with van der Waals surface area (Å²) in [6.45, 7) is 0. The fourth-order valence-electron chi connectivity index (χ4n) is 0. The maximum atomic E-state index is 0. The van der Waals surface area contributed by atoms with Gasteiger partial charge in [0.05, 0.1) is 0 Å². The minimum absolute atomic E-state index is 0. The van der Waals surface area contributed by atoms with Crippen molar-refractivity contribution in [3.05, 3.63) is 0 Å². The summed E-state index contributed by atoms with van der Waals surface area (Å²) in [6, 6.07) is 0. The van der Waals surface area contributed by atoms with E-state index in [2.05, 4.69) is 0 Å². The Morgan fingerprint density at radius 1 is 0.444 bits per heavy atom. The van der Waals surface area contributed by atoms with E-state index in [0.717, 1.165) is 0 Å². The first-order valence-electron chi connectivity index (χ1n) is 0. The molecule has 48 valence electrons. The molecule has 0 rings (SSSR count). The van der Waals surface area contributed by atoms with Crippen molar-refractivity contribution in [2.24, 2.45) is 0 Å². The van der Waals surface area contributed by atoms with E-state index in [-0.39, 0.29) is 135 Å². The zero-order valence-corrected chi connectivity index (χ0v) is 16.2. The molecule has 0 spiro atoms. The van der Waals surface area contributed by atoms with E-state index < -0.39 is 0 Å². The Labute approximate surface area is 133 Å². The van der Waals surface area contributed by atoms with Gasteiger partial charge in [-0.15, -0.1) is 0 Å². The van der Waals surface area contributed by atoms with Crippen LogP contribution in [-0.2, 0) is 101 Å². The van der Waals surface area contributed by atoms with Crippen molar-refractivity contribution in [2.75, 3.05) is 0 Å². The van der Waals surface area contributed by atoms with Crippen LogP contribution < -0.4 is 0 Å². The summed E-state index contributed by atoms with van der Waals surface area (Å²) in [4.78, 5) is 0. The first kappa shape index (κ1) is 127. The first-order valence-corrected chi connectivity index (χ1v) is 0. The molecule has 9 heteroatoms. The van der Waals surface area contributed by atoms with Crippen molar-refractivity contribution in [1.29, 1.82) is 0 Å². The van der Waals surface area contributed by atoms with Crippen LogP contribution in [0.15, 0.2) is 0 Å². The number of rotatable bonds is 0. The second-order valence-electron chi connectivity index (χ2n) is 0. The minimum Gasteiger partial charge on any atom is -2.00 e. The van der Waals surface area contributed by atoms with Gasteiger partial charge in [-0.05, 0) is 0 Å². The summed E-state index contributed by atoms with van der Waals surface area (Å²) in [6.07, 6.45) is 0. The summed E-state index contributed by atoms with van der Waals surface area (Å²) in [5, 5.41) is 0. The van der Waals surface area contributed by atoms with Crippen LogP contribution in [0, 0.1) is 0 Å². The second kappa shape index (κ2) is 97.9. The molecule has 0 aromatic heterocycles. The van der Waals surface area contributed by atoms with Gasteiger partial charge in [0, 0.05) is 84.3 Å². The Balaban J connectivity index is 0. The summed E-state index contributed by atoms with van der Waals surface area (Å²) in [5.74, 6) is 0. The third-order valence-corrected chi connectivity index (χ3v) is 0. The molecule has 9 heavy (non-hydrogen) atoms. The van der Waals surface area contributed by atoms with E-state index in [9.17, 15) is 0 Å². The van der Waals surface area contributed by atoms with Crippen LogP contribution in [0.4, 0.5) is 0 Å². The third kappa shape index (κ3) is 80.4. The largest absolute Gasteiger partial charge is 3.00 e. The quantitative estimate of drug-likeness (QED) is 0.295. The molecule has 0 aromatic carbocycles. The van der Waals surface area contributed by atoms with Gasteiger partial charge >= 0.3 is 34.7 Å². The fourth-order valence-corrected chi connectivity index (χ4v) is 0. The van der Waals surface area contributed by atoms with Crippen LogP contribution in [0.5, 0.6) is 0 Å². The van der Waals surface area contributed by atoms with Crippen LogP contribution >= 0.6 is 0 Å². The Kier molecular flexibility index (Phi) is 1380. The third-order valence-electron chi connectivity index (χ3n) is 0. The molecule has 0 fully saturated rings. The molecule has 0 heterocycles. The normalized spacial score (nSPS) is 0. The molecule has 0 aliphatic carbocycles. The predicted octanol–water partition coefficient (Wildman–Crippen LogP) is -1.13. The van der Waals surface area contributed by atoms with Gasteiger partial charge < -0.3 is 16.4 Å². The van der Waals surface area contributed by atoms with Crippen molar-refractivity contribution in [1.82, 2.24) is 0 Å². The Morgan fingerprint density at radius 2 is 0.444 bits per heavy atom. The average molecular weight is 662 g/mol. The predicted molar refractivity (Wildman–Crippen MR) is 13.6 cm³/mol. The molecule has 0 bridgehead atoms. The molecule has 0 aromatic rings. The van der Waals surface area contributed by atoms with Gasteiger partial charge in [-0.2, -0.15) is 0 Å². The van der Waals surface area contributed by atoms with Crippen molar-refractivity contribution >= 4 is 34.7 Å². The van der Waals surface area contributed by atoms with Gasteiger partial charge in [0.1, 0.15) is 0 Å². The average Bonchev–Trinajstić information content (AvgIpc) is 0. The van der Waals surface area contributed by atoms with Crippen LogP contribution in [0.1, 0.15) is 0 Å². The van der Waals surface area contributed by atoms with E-state index in [1.807, 2.05) is 0 Å². The standard InChI is InChI=1S/2Al.2Mo.3O.2W/q2*+3;;;3*-2;;. The van der Waals surface area contributed by atoms with E-state index >= 15 is 0 Å². The van der Waals surface area contributed by atoms with E-state index in [1.165, 1.54) is 0 Å². The molecule has 3 nitrogen and oxygen atoms in total. The molecule has 0 N–H and O–H groups in total. The van der Waals surface area contributed by atoms with Crippen molar-refractivity contribution < 1.29 is 101 Å². The zero-order valence-electron chi connectivity index (χ0n) is 4.01.